The van der Waals surface area contributed by atoms with Gasteiger partial charge < -0.3 is 5.32 Å². The molecule has 1 atom stereocenters. The Morgan fingerprint density at radius 2 is 2.17 bits per heavy atom. The van der Waals surface area contributed by atoms with Crippen LogP contribution in [0.1, 0.15) is 58.1 Å². The van der Waals surface area contributed by atoms with Gasteiger partial charge in [-0.25, -0.2) is 4.68 Å². The van der Waals surface area contributed by atoms with Crippen LogP contribution < -0.4 is 5.32 Å². The van der Waals surface area contributed by atoms with Crippen molar-refractivity contribution >= 4 is 29.2 Å². The molecule has 2 heterocycles. The van der Waals surface area contributed by atoms with Gasteiger partial charge in [-0.1, -0.05) is 51.1 Å². The van der Waals surface area contributed by atoms with Gasteiger partial charge in [-0.3, -0.25) is 14.9 Å². The molecule has 1 aromatic heterocycles. The third-order valence-electron chi connectivity index (χ3n) is 5.44. The monoisotopic (exact) mass is 427 g/mol. The molecule has 8 nitrogen and oxygen atoms in total. The Hall–Kier alpha value is -2.68. The van der Waals surface area contributed by atoms with E-state index in [9.17, 15) is 14.9 Å². The van der Waals surface area contributed by atoms with E-state index in [0.717, 1.165) is 24.3 Å². The van der Waals surface area contributed by atoms with Gasteiger partial charge in [-0.15, -0.1) is 5.10 Å². The predicted octanol–water partition coefficient (Wildman–Crippen LogP) is 4.74. The summed E-state index contributed by atoms with van der Waals surface area (Å²) >= 11 is 1.58. The van der Waals surface area contributed by atoms with Crippen molar-refractivity contribution in [3.05, 3.63) is 51.2 Å². The number of carbonyl (C=O) groups is 1. The van der Waals surface area contributed by atoms with Crippen molar-refractivity contribution in [3.8, 4) is 0 Å². The van der Waals surface area contributed by atoms with Crippen LogP contribution in [0.25, 0.3) is 0 Å². The normalized spacial score (nSPS) is 19.8. The highest BCUT2D eigenvalue weighted by molar-refractivity contribution is 7.99. The molecule has 2 aromatic rings. The van der Waals surface area contributed by atoms with E-state index in [4.69, 9.17) is 0 Å². The minimum atomic E-state index is -0.521. The van der Waals surface area contributed by atoms with Crippen LogP contribution in [-0.2, 0) is 4.79 Å². The highest BCUT2D eigenvalue weighted by Gasteiger charge is 2.42. The Kier molecular flexibility index (Phi) is 5.40. The van der Waals surface area contributed by atoms with Crippen molar-refractivity contribution in [1.82, 2.24) is 14.8 Å². The zero-order valence-electron chi connectivity index (χ0n) is 17.3. The highest BCUT2D eigenvalue weighted by Crippen LogP contribution is 2.46. The zero-order valence-corrected chi connectivity index (χ0v) is 18.2. The first-order valence-electron chi connectivity index (χ1n) is 10.2. The fourth-order valence-corrected chi connectivity index (χ4v) is 4.99. The molecule has 0 radical (unpaired) electrons. The Morgan fingerprint density at radius 3 is 2.90 bits per heavy atom. The lowest BCUT2D eigenvalue weighted by molar-refractivity contribution is -0.384. The van der Waals surface area contributed by atoms with Gasteiger partial charge in [0.05, 0.1) is 4.92 Å². The molecule has 1 aliphatic carbocycles. The summed E-state index contributed by atoms with van der Waals surface area (Å²) in [5, 5.41) is 20.0. The van der Waals surface area contributed by atoms with Gasteiger partial charge in [0.1, 0.15) is 6.04 Å². The minimum Gasteiger partial charge on any atom is -0.328 e. The molecule has 9 heteroatoms. The number of nitrogens with zero attached hydrogens (tertiary/aromatic N) is 4. The second-order valence-electron chi connectivity index (χ2n) is 8.58. The molecule has 4 rings (SSSR count). The number of anilines is 1. The molecule has 158 valence electrons. The van der Waals surface area contributed by atoms with Crippen LogP contribution >= 0.6 is 11.8 Å². The molecule has 0 bridgehead atoms. The number of non-ortho nitro benzene ring substituents is 1. The van der Waals surface area contributed by atoms with E-state index in [-0.39, 0.29) is 16.9 Å². The summed E-state index contributed by atoms with van der Waals surface area (Å²) in [7, 11) is 0. The number of thioether (sulfide) groups is 1. The fraction of sp³-hybridized carbons (Fsp3) is 0.476. The number of nitro benzene ring substituents is 1. The Labute approximate surface area is 179 Å². The number of ketones is 1. The molecule has 0 saturated heterocycles. The molecule has 30 heavy (non-hydrogen) atoms. The summed E-state index contributed by atoms with van der Waals surface area (Å²) in [6.07, 6.45) is 3.30. The second-order valence-corrected chi connectivity index (χ2v) is 9.64. The number of allylic oxidation sites excluding steroid dienone is 2. The molecule has 1 aromatic carbocycles. The van der Waals surface area contributed by atoms with Crippen molar-refractivity contribution in [2.45, 2.75) is 57.7 Å². The first-order chi connectivity index (χ1) is 14.3. The number of rotatable bonds is 6. The van der Waals surface area contributed by atoms with Crippen molar-refractivity contribution < 1.29 is 9.72 Å². The van der Waals surface area contributed by atoms with E-state index < -0.39 is 11.0 Å². The Bertz CT molecular complexity index is 1040. The lowest BCUT2D eigenvalue weighted by Crippen LogP contribution is -2.36. The summed E-state index contributed by atoms with van der Waals surface area (Å²) in [6, 6.07) is 5.94. The number of unbranched alkanes of at least 4 members (excludes halogenated alkanes) is 1. The first-order valence-corrected chi connectivity index (χ1v) is 11.1. The fourth-order valence-electron chi connectivity index (χ4n) is 4.07. The Balaban J connectivity index is 1.82. The molecule has 2 aliphatic rings. The van der Waals surface area contributed by atoms with Gasteiger partial charge in [0.2, 0.25) is 11.1 Å². The summed E-state index contributed by atoms with van der Waals surface area (Å²) in [6.45, 7) is 6.28. The SMILES string of the molecule is CCCCSc1nc2n(n1)[C@H](c1cccc([N+](=O)[O-])c1)C1=C(CC(C)(C)CC1=O)N2. The van der Waals surface area contributed by atoms with E-state index in [1.54, 1.807) is 22.5 Å². The maximum atomic E-state index is 13.2. The van der Waals surface area contributed by atoms with Crippen LogP contribution in [0.3, 0.4) is 0 Å². The average Bonchev–Trinajstić information content (AvgIpc) is 3.08. The topological polar surface area (TPSA) is 103 Å². The third kappa shape index (κ3) is 3.86. The quantitative estimate of drug-likeness (QED) is 0.307. The van der Waals surface area contributed by atoms with Crippen molar-refractivity contribution in [2.24, 2.45) is 5.41 Å². The van der Waals surface area contributed by atoms with E-state index in [1.807, 2.05) is 6.07 Å². The predicted molar refractivity (Wildman–Crippen MR) is 116 cm³/mol. The standard InChI is InChI=1S/C21H25N5O3S/c1-4-5-9-30-20-23-19-22-15-11-21(2,3)12-16(27)17(15)18(25(19)24-20)13-7-6-8-14(10-13)26(28)29/h6-8,10,18H,4-5,9,11-12H2,1-3H3,(H,22,23,24)/t18-/m1/s1. The number of fused-ring (bicyclic) bond motifs is 1. The molecule has 0 fully saturated rings. The summed E-state index contributed by atoms with van der Waals surface area (Å²) in [5.74, 6) is 1.54. The van der Waals surface area contributed by atoms with Gasteiger partial charge in [-0.2, -0.15) is 4.98 Å². The maximum absolute atomic E-state index is 13.2. The number of aromatic nitrogens is 3. The maximum Gasteiger partial charge on any atom is 0.269 e. The van der Waals surface area contributed by atoms with Crippen LogP contribution in [0.15, 0.2) is 40.7 Å². The molecule has 0 unspecified atom stereocenters. The minimum absolute atomic E-state index is 0.00372. The number of hydrogen-bond acceptors (Lipinski definition) is 7. The van der Waals surface area contributed by atoms with E-state index in [0.29, 0.717) is 35.1 Å². The molecule has 1 N–H and O–H groups in total. The zero-order chi connectivity index (χ0) is 21.5. The smallest absolute Gasteiger partial charge is 0.269 e. The summed E-state index contributed by atoms with van der Waals surface area (Å²) in [4.78, 5) is 28.7. The molecule has 0 saturated carbocycles. The van der Waals surface area contributed by atoms with Gasteiger partial charge >= 0.3 is 0 Å². The van der Waals surface area contributed by atoms with Crippen LogP contribution in [0.5, 0.6) is 0 Å². The van der Waals surface area contributed by atoms with Gasteiger partial charge in [0.25, 0.3) is 5.69 Å². The van der Waals surface area contributed by atoms with Crippen LogP contribution in [0.2, 0.25) is 0 Å². The number of nitro groups is 1. The molecule has 1 aliphatic heterocycles. The number of benzene rings is 1. The largest absolute Gasteiger partial charge is 0.328 e. The molecule has 0 spiro atoms. The highest BCUT2D eigenvalue weighted by atomic mass is 32.2. The van der Waals surface area contributed by atoms with Gasteiger partial charge in [-0.05, 0) is 23.8 Å². The van der Waals surface area contributed by atoms with Crippen LogP contribution in [0.4, 0.5) is 11.6 Å². The summed E-state index contributed by atoms with van der Waals surface area (Å²) < 4.78 is 1.71. The van der Waals surface area contributed by atoms with Crippen molar-refractivity contribution in [2.75, 3.05) is 11.1 Å². The van der Waals surface area contributed by atoms with E-state index >= 15 is 0 Å². The van der Waals surface area contributed by atoms with E-state index in [2.05, 4.69) is 36.2 Å². The lowest BCUT2D eigenvalue weighted by atomic mass is 9.73. The lowest BCUT2D eigenvalue weighted by Gasteiger charge is -2.38. The van der Waals surface area contributed by atoms with E-state index in [1.165, 1.54) is 12.1 Å². The molecular formula is C21H25N5O3S. The van der Waals surface area contributed by atoms with Gasteiger partial charge in [0.15, 0.2) is 5.78 Å². The molecule has 0 amide bonds. The number of carbonyl (C=O) groups excluding carboxylic acids is 1. The number of Topliss-reactive ketones (excluding diaryl/α,β-unsaturated/α-hetero) is 1. The Morgan fingerprint density at radius 1 is 1.37 bits per heavy atom. The molecular weight excluding hydrogens is 402 g/mol. The first kappa shape index (κ1) is 20.6. The van der Waals surface area contributed by atoms with Crippen molar-refractivity contribution in [1.29, 1.82) is 0 Å². The van der Waals surface area contributed by atoms with Crippen LogP contribution in [0, 0.1) is 15.5 Å². The number of hydrogen-bond donors (Lipinski definition) is 1. The van der Waals surface area contributed by atoms with Crippen molar-refractivity contribution in [3.63, 3.8) is 0 Å². The summed E-state index contributed by atoms with van der Waals surface area (Å²) in [5.41, 5.74) is 1.99. The van der Waals surface area contributed by atoms with Crippen LogP contribution in [-0.4, -0.2) is 31.2 Å². The third-order valence-corrected chi connectivity index (χ3v) is 6.36. The number of nitrogens with one attached hydrogen (secondary N) is 1. The van der Waals surface area contributed by atoms with Gasteiger partial charge in [0, 0.05) is 35.6 Å². The average molecular weight is 428 g/mol. The second kappa shape index (κ2) is 7.86.